The monoisotopic (exact) mass is 183 g/mol. The highest BCUT2D eigenvalue weighted by Crippen LogP contribution is 1.97. The average molecular weight is 183 g/mol. The molecule has 0 saturated heterocycles. The molecule has 0 aromatic rings. The molecule has 70 valence electrons. The van der Waals surface area contributed by atoms with Crippen LogP contribution in [0.5, 0.6) is 0 Å². The van der Waals surface area contributed by atoms with Crippen LogP contribution in [0.1, 0.15) is 26.7 Å². The number of rotatable bonds is 5. The summed E-state index contributed by atoms with van der Waals surface area (Å²) >= 11 is 0. The first-order valence-electron chi connectivity index (χ1n) is 3.49. The summed E-state index contributed by atoms with van der Waals surface area (Å²) < 4.78 is 26.0. The van der Waals surface area contributed by atoms with Gasteiger partial charge >= 0.3 is 0 Å². The smallest absolute Gasteiger partial charge is 0.267 e. The van der Waals surface area contributed by atoms with E-state index in [1.165, 1.54) is 0 Å². The van der Waals surface area contributed by atoms with Crippen LogP contribution in [0.4, 0.5) is 0 Å². The fourth-order valence-corrected chi connectivity index (χ4v) is 1.68. The second-order valence-electron chi connectivity index (χ2n) is 2.02. The average Bonchev–Trinajstić information content (AvgIpc) is 1.84. The molecule has 0 radical (unpaired) electrons. The van der Waals surface area contributed by atoms with Gasteiger partial charge in [0.15, 0.2) is 0 Å². The van der Waals surface area contributed by atoms with Gasteiger partial charge in [0, 0.05) is 0 Å². The Morgan fingerprint density at radius 3 is 2.18 bits per heavy atom. The predicted octanol–water partition coefficient (Wildman–Crippen LogP) is 1.31. The minimum atomic E-state index is -3.19. The molecule has 0 aromatic carbocycles. The van der Waals surface area contributed by atoms with E-state index in [1.807, 2.05) is 6.92 Å². The maximum atomic E-state index is 10.8. The van der Waals surface area contributed by atoms with Gasteiger partial charge in [-0.2, -0.15) is 8.42 Å². The molecule has 0 amide bonds. The van der Waals surface area contributed by atoms with E-state index in [0.29, 0.717) is 6.42 Å². The lowest BCUT2D eigenvalue weighted by Crippen LogP contribution is -2.09. The molecule has 4 nitrogen and oxygen atoms in total. The number of hydrogen-bond donors (Lipinski definition) is 1. The van der Waals surface area contributed by atoms with Gasteiger partial charge in [-0.25, -0.2) is 0 Å². The summed E-state index contributed by atoms with van der Waals surface area (Å²) in [6, 6.07) is 0. The molecule has 0 fully saturated rings. The Bertz CT molecular complexity index is 165. The van der Waals surface area contributed by atoms with E-state index in [4.69, 9.17) is 0 Å². The molecule has 3 N–H and O–H groups in total. The third-order valence-corrected chi connectivity index (χ3v) is 2.43. The fourth-order valence-electron chi connectivity index (χ4n) is 0.560. The molecule has 0 aliphatic heterocycles. The predicted molar refractivity (Wildman–Crippen MR) is 45.3 cm³/mol. The van der Waals surface area contributed by atoms with Crippen LogP contribution in [0.25, 0.3) is 0 Å². The van der Waals surface area contributed by atoms with Gasteiger partial charge in [-0.3, -0.25) is 4.18 Å². The van der Waals surface area contributed by atoms with Crippen LogP contribution in [0.2, 0.25) is 0 Å². The normalized spacial score (nSPS) is 10.7. The maximum absolute atomic E-state index is 10.8. The Morgan fingerprint density at radius 2 is 1.82 bits per heavy atom. The lowest BCUT2D eigenvalue weighted by molar-refractivity contribution is 0.337. The molecule has 0 saturated carbocycles. The molecule has 5 heteroatoms. The van der Waals surface area contributed by atoms with Crippen molar-refractivity contribution in [1.82, 2.24) is 6.15 Å². The van der Waals surface area contributed by atoms with Gasteiger partial charge in [-0.1, -0.05) is 13.3 Å². The van der Waals surface area contributed by atoms with Gasteiger partial charge in [0.2, 0.25) is 0 Å². The molecule has 0 rings (SSSR count). The summed E-state index contributed by atoms with van der Waals surface area (Å²) in [7, 11) is -3.19. The van der Waals surface area contributed by atoms with Gasteiger partial charge in [0.1, 0.15) is 0 Å². The third-order valence-electron chi connectivity index (χ3n) is 1.05. The summed E-state index contributed by atoms with van der Waals surface area (Å²) in [4.78, 5) is 0. The van der Waals surface area contributed by atoms with E-state index in [2.05, 4.69) is 4.18 Å². The molecular formula is C6H17NO3S. The minimum absolute atomic E-state index is 0. The molecule has 0 heterocycles. The Hall–Kier alpha value is -0.130. The van der Waals surface area contributed by atoms with Gasteiger partial charge in [0.25, 0.3) is 10.1 Å². The van der Waals surface area contributed by atoms with Crippen molar-refractivity contribution < 1.29 is 12.6 Å². The zero-order valence-electron chi connectivity index (χ0n) is 7.17. The molecule has 0 aromatic heterocycles. The Kier molecular flexibility index (Phi) is 8.04. The van der Waals surface area contributed by atoms with Crippen LogP contribution in [0, 0.1) is 0 Å². The topological polar surface area (TPSA) is 78.4 Å². The van der Waals surface area contributed by atoms with Gasteiger partial charge in [0.05, 0.1) is 12.4 Å². The highest BCUT2D eigenvalue weighted by molar-refractivity contribution is 7.86. The van der Waals surface area contributed by atoms with Crippen LogP contribution in [0.15, 0.2) is 0 Å². The molecule has 0 atom stereocenters. The molecule has 0 spiro atoms. The zero-order chi connectivity index (χ0) is 8.04. The van der Waals surface area contributed by atoms with Crippen molar-refractivity contribution in [3.8, 4) is 0 Å². The van der Waals surface area contributed by atoms with Crippen LogP contribution in [-0.4, -0.2) is 20.8 Å². The van der Waals surface area contributed by atoms with Crippen LogP contribution >= 0.6 is 0 Å². The quantitative estimate of drug-likeness (QED) is 0.652. The maximum Gasteiger partial charge on any atom is 0.267 e. The fraction of sp³-hybridized carbons (Fsp3) is 1.00. The highest BCUT2D eigenvalue weighted by Gasteiger charge is 2.07. The number of hydrogen-bond acceptors (Lipinski definition) is 4. The van der Waals surface area contributed by atoms with Gasteiger partial charge in [-0.05, 0) is 13.3 Å². The summed E-state index contributed by atoms with van der Waals surface area (Å²) in [6.45, 7) is 3.86. The summed E-state index contributed by atoms with van der Waals surface area (Å²) in [5, 5.41) is 0. The van der Waals surface area contributed by atoms with Crippen molar-refractivity contribution in [3.63, 3.8) is 0 Å². The van der Waals surface area contributed by atoms with Gasteiger partial charge < -0.3 is 6.15 Å². The molecule has 0 unspecified atom stereocenters. The van der Waals surface area contributed by atoms with E-state index < -0.39 is 10.1 Å². The second kappa shape index (κ2) is 6.57. The first-order valence-corrected chi connectivity index (χ1v) is 5.07. The minimum Gasteiger partial charge on any atom is -0.344 e. The van der Waals surface area contributed by atoms with Crippen molar-refractivity contribution in [2.45, 2.75) is 26.7 Å². The van der Waals surface area contributed by atoms with Crippen LogP contribution in [0.3, 0.4) is 0 Å². The Labute approximate surface area is 68.6 Å². The largest absolute Gasteiger partial charge is 0.344 e. The third kappa shape index (κ3) is 7.77. The van der Waals surface area contributed by atoms with E-state index in [-0.39, 0.29) is 18.5 Å². The Morgan fingerprint density at radius 1 is 1.27 bits per heavy atom. The summed E-state index contributed by atoms with van der Waals surface area (Å²) in [5.74, 6) is 0.150. The highest BCUT2D eigenvalue weighted by atomic mass is 32.2. The van der Waals surface area contributed by atoms with Crippen molar-refractivity contribution in [2.24, 2.45) is 0 Å². The molecule has 0 aliphatic rings. The molecule has 0 bridgehead atoms. The van der Waals surface area contributed by atoms with Crippen molar-refractivity contribution in [3.05, 3.63) is 0 Å². The van der Waals surface area contributed by atoms with E-state index in [0.717, 1.165) is 6.42 Å². The Balaban J connectivity index is 0. The lowest BCUT2D eigenvalue weighted by atomic mass is 10.4. The standard InChI is InChI=1S/C6H14O3S.H3N/c1-3-5-6-10(7,8)9-4-2;/h3-6H2,1-2H3;1H3. The van der Waals surface area contributed by atoms with Crippen LogP contribution < -0.4 is 6.15 Å². The van der Waals surface area contributed by atoms with Crippen molar-refractivity contribution in [2.75, 3.05) is 12.4 Å². The van der Waals surface area contributed by atoms with E-state index in [9.17, 15) is 8.42 Å². The molecule has 11 heavy (non-hydrogen) atoms. The van der Waals surface area contributed by atoms with Crippen molar-refractivity contribution >= 4 is 10.1 Å². The van der Waals surface area contributed by atoms with E-state index in [1.54, 1.807) is 6.92 Å². The molecular weight excluding hydrogens is 166 g/mol. The molecule has 0 aliphatic carbocycles. The van der Waals surface area contributed by atoms with E-state index >= 15 is 0 Å². The lowest BCUT2D eigenvalue weighted by Gasteiger charge is -2.00. The van der Waals surface area contributed by atoms with Gasteiger partial charge in [-0.15, -0.1) is 0 Å². The first kappa shape index (κ1) is 13.5. The van der Waals surface area contributed by atoms with Crippen LogP contribution in [-0.2, 0) is 14.3 Å². The summed E-state index contributed by atoms with van der Waals surface area (Å²) in [5.41, 5.74) is 0. The first-order chi connectivity index (χ1) is 4.62. The SMILES string of the molecule is CCCCS(=O)(=O)OCC.N. The zero-order valence-corrected chi connectivity index (χ0v) is 7.99. The van der Waals surface area contributed by atoms with Crippen molar-refractivity contribution in [1.29, 1.82) is 0 Å². The second-order valence-corrected chi connectivity index (χ2v) is 3.78. The summed E-state index contributed by atoms with van der Waals surface area (Å²) in [6.07, 6.45) is 1.56. The number of unbranched alkanes of at least 4 members (excludes halogenated alkanes) is 1.